The van der Waals surface area contributed by atoms with Crippen LogP contribution in [0.3, 0.4) is 0 Å². The third-order valence-electron chi connectivity index (χ3n) is 20.5. The van der Waals surface area contributed by atoms with Gasteiger partial charge >= 0.3 is 0 Å². The Morgan fingerprint density at radius 3 is 1.43 bits per heavy atom. The van der Waals surface area contributed by atoms with Crippen molar-refractivity contribution in [2.24, 2.45) is 0 Å². The molecule has 2 saturated carbocycles. The van der Waals surface area contributed by atoms with Gasteiger partial charge in [0.1, 0.15) is 0 Å². The molecule has 3 nitrogen and oxygen atoms in total. The van der Waals surface area contributed by atoms with E-state index in [0.29, 0.717) is 0 Å². The Hall–Kier alpha value is -4.44. The van der Waals surface area contributed by atoms with E-state index in [2.05, 4.69) is 212 Å². The van der Waals surface area contributed by atoms with E-state index in [4.69, 9.17) is 0 Å². The minimum absolute atomic E-state index is 0.00255. The van der Waals surface area contributed by atoms with Crippen molar-refractivity contribution in [2.45, 2.75) is 225 Å². The first-order valence-corrected chi connectivity index (χ1v) is 27.2. The molecule has 0 N–H and O–H groups in total. The lowest BCUT2D eigenvalue weighted by Crippen LogP contribution is -2.66. The van der Waals surface area contributed by atoms with Crippen LogP contribution in [0.1, 0.15) is 221 Å². The van der Waals surface area contributed by atoms with Crippen molar-refractivity contribution in [1.29, 1.82) is 0 Å². The minimum Gasteiger partial charge on any atom is -0.335 e. The van der Waals surface area contributed by atoms with Crippen molar-refractivity contribution in [3.8, 4) is 0 Å². The van der Waals surface area contributed by atoms with Crippen LogP contribution >= 0.6 is 0 Å². The second kappa shape index (κ2) is 13.5. The smallest absolute Gasteiger partial charge is 0.252 e. The molecule has 69 heavy (non-hydrogen) atoms. The van der Waals surface area contributed by atoms with Crippen LogP contribution in [0.4, 0.5) is 39.8 Å². The molecule has 4 unspecified atom stereocenters. The highest BCUT2D eigenvalue weighted by molar-refractivity contribution is 7.00. The molecule has 5 aromatic carbocycles. The normalized spacial score (nSPS) is 27.0. The SMILES string of the molecule is CC(C)(C)c1ccc2c(c1)C(C)(C)c1cc(C(C)(C)C)ccc1N2c1cc2c3c(c1)N1c4c(ccc(C(C)(C)C)c4C4(C)CCCCC14C)B3c1cc(C(C)(C)C)cc3c1N2C1(C)CCCCC31C. The highest BCUT2D eigenvalue weighted by Crippen LogP contribution is 2.67. The maximum absolute atomic E-state index is 3.00. The zero-order valence-corrected chi connectivity index (χ0v) is 46.0. The summed E-state index contributed by atoms with van der Waals surface area (Å²) in [5.41, 5.74) is 26.2. The van der Waals surface area contributed by atoms with Gasteiger partial charge in [0, 0.05) is 39.0 Å². The van der Waals surface area contributed by atoms with Crippen molar-refractivity contribution in [3.05, 3.63) is 117 Å². The molecule has 5 heterocycles. The van der Waals surface area contributed by atoms with Crippen LogP contribution in [0.5, 0.6) is 0 Å². The molecule has 4 atom stereocenters. The summed E-state index contributed by atoms with van der Waals surface area (Å²) < 4.78 is 0. The topological polar surface area (TPSA) is 9.72 Å². The summed E-state index contributed by atoms with van der Waals surface area (Å²) in [6, 6.07) is 31.0. The van der Waals surface area contributed by atoms with E-state index in [1.807, 2.05) is 0 Å². The number of benzene rings is 5. The summed E-state index contributed by atoms with van der Waals surface area (Å²) in [4.78, 5) is 8.71. The third kappa shape index (κ3) is 5.65. The van der Waals surface area contributed by atoms with Crippen molar-refractivity contribution in [2.75, 3.05) is 14.7 Å². The number of fused-ring (bicyclic) bond motifs is 12. The summed E-state index contributed by atoms with van der Waals surface area (Å²) in [5.74, 6) is 0. The fourth-order valence-corrected chi connectivity index (χ4v) is 15.9. The van der Waals surface area contributed by atoms with Crippen molar-refractivity contribution >= 4 is 62.9 Å². The number of anilines is 7. The minimum atomic E-state index is -0.203. The Bertz CT molecular complexity index is 3000. The Labute approximate surface area is 417 Å². The summed E-state index contributed by atoms with van der Waals surface area (Å²) >= 11 is 0. The molecule has 2 fully saturated rings. The van der Waals surface area contributed by atoms with Gasteiger partial charge in [-0.3, -0.25) is 0 Å². The average molecular weight is 916 g/mol. The predicted octanol–water partition coefficient (Wildman–Crippen LogP) is 15.6. The summed E-state index contributed by atoms with van der Waals surface area (Å²) in [6.07, 6.45) is 9.92. The molecule has 4 heteroatoms. The summed E-state index contributed by atoms with van der Waals surface area (Å²) in [5, 5.41) is 0. The summed E-state index contributed by atoms with van der Waals surface area (Å²) in [6.45, 7) is 44.8. The molecule has 0 amide bonds. The maximum Gasteiger partial charge on any atom is 0.252 e. The van der Waals surface area contributed by atoms with Gasteiger partial charge in [0.05, 0.1) is 28.1 Å². The van der Waals surface area contributed by atoms with Gasteiger partial charge in [0.15, 0.2) is 0 Å². The zero-order chi connectivity index (χ0) is 49.3. The maximum atomic E-state index is 3.00. The van der Waals surface area contributed by atoms with E-state index in [9.17, 15) is 0 Å². The number of nitrogens with zero attached hydrogens (tertiary/aromatic N) is 3. The lowest BCUT2D eigenvalue weighted by atomic mass is 9.33. The van der Waals surface area contributed by atoms with Gasteiger partial charge in [0.2, 0.25) is 0 Å². The van der Waals surface area contributed by atoms with Gasteiger partial charge in [-0.25, -0.2) is 0 Å². The molecular formula is C65H82BN3. The molecule has 0 radical (unpaired) electrons. The van der Waals surface area contributed by atoms with Crippen LogP contribution < -0.4 is 31.1 Å². The Morgan fingerprint density at radius 2 is 0.913 bits per heavy atom. The van der Waals surface area contributed by atoms with E-state index in [-0.39, 0.29) is 55.7 Å². The molecular weight excluding hydrogens is 834 g/mol. The molecule has 2 aliphatic carbocycles. The van der Waals surface area contributed by atoms with Crippen molar-refractivity contribution in [1.82, 2.24) is 0 Å². The van der Waals surface area contributed by atoms with Gasteiger partial charge in [-0.2, -0.15) is 0 Å². The lowest BCUT2D eigenvalue weighted by Gasteiger charge is -2.55. The molecule has 0 bridgehead atoms. The van der Waals surface area contributed by atoms with E-state index >= 15 is 0 Å². The molecule has 5 aliphatic heterocycles. The van der Waals surface area contributed by atoms with Crippen LogP contribution in [-0.2, 0) is 37.9 Å². The highest BCUT2D eigenvalue weighted by Gasteiger charge is 2.66. The van der Waals surface area contributed by atoms with E-state index in [0.717, 1.165) is 0 Å². The first-order chi connectivity index (χ1) is 32.0. The van der Waals surface area contributed by atoms with E-state index in [1.54, 1.807) is 27.6 Å². The first kappa shape index (κ1) is 45.7. The van der Waals surface area contributed by atoms with E-state index < -0.39 is 0 Å². The van der Waals surface area contributed by atoms with Crippen LogP contribution in [0.25, 0.3) is 0 Å². The zero-order valence-electron chi connectivity index (χ0n) is 46.0. The van der Waals surface area contributed by atoms with Crippen LogP contribution in [0.2, 0.25) is 0 Å². The number of hydrogen-bond donors (Lipinski definition) is 0. The number of rotatable bonds is 1. The van der Waals surface area contributed by atoms with Gasteiger partial charge in [-0.15, -0.1) is 0 Å². The van der Waals surface area contributed by atoms with Crippen molar-refractivity contribution < 1.29 is 0 Å². The van der Waals surface area contributed by atoms with E-state index in [1.165, 1.54) is 124 Å². The number of hydrogen-bond acceptors (Lipinski definition) is 3. The molecule has 0 saturated heterocycles. The third-order valence-corrected chi connectivity index (χ3v) is 20.5. The fourth-order valence-electron chi connectivity index (χ4n) is 15.9. The van der Waals surface area contributed by atoms with Gasteiger partial charge in [0.25, 0.3) is 6.71 Å². The van der Waals surface area contributed by atoms with Gasteiger partial charge in [-0.1, -0.05) is 185 Å². The summed E-state index contributed by atoms with van der Waals surface area (Å²) in [7, 11) is 0. The monoisotopic (exact) mass is 916 g/mol. The Balaban J connectivity index is 1.24. The average Bonchev–Trinajstić information content (AvgIpc) is 3.61. The van der Waals surface area contributed by atoms with Crippen molar-refractivity contribution in [3.63, 3.8) is 0 Å². The quantitative estimate of drug-likeness (QED) is 0.155. The largest absolute Gasteiger partial charge is 0.335 e. The van der Waals surface area contributed by atoms with Gasteiger partial charge in [-0.05, 0) is 146 Å². The molecule has 0 spiro atoms. The second-order valence-corrected chi connectivity index (χ2v) is 28.9. The van der Waals surface area contributed by atoms with Gasteiger partial charge < -0.3 is 14.7 Å². The Kier molecular flexibility index (Phi) is 8.96. The predicted molar refractivity (Wildman–Crippen MR) is 298 cm³/mol. The molecule has 5 aromatic rings. The lowest BCUT2D eigenvalue weighted by molar-refractivity contribution is 0.192. The second-order valence-electron chi connectivity index (χ2n) is 28.9. The Morgan fingerprint density at radius 1 is 0.435 bits per heavy atom. The molecule has 0 aromatic heterocycles. The standard InChI is InChI=1S/C65H82BN3/c1-57(2,3)39-23-27-49-44(33-39)61(13,14)45-34-40(58(4,5)6)24-28-50(45)67(49)42-37-51-54-52(38-42)69-56-47(26-25-43(60(10,11)12)53(56)63(16)30-20-22-32-65(63,69)18)66(54)48-36-41(59(7,8)9)35-46-55(48)68(51)64(17)31-21-19-29-62(46,64)15/h23-28,33-38H,19-22,29-32H2,1-18H3. The molecule has 360 valence electrons. The fraction of sp³-hybridized carbons (Fsp3) is 0.538. The molecule has 12 rings (SSSR count). The van der Waals surface area contributed by atoms with Crippen LogP contribution in [0, 0.1) is 0 Å². The molecule has 7 aliphatic rings. The van der Waals surface area contributed by atoms with Crippen LogP contribution in [0.15, 0.2) is 72.8 Å². The van der Waals surface area contributed by atoms with Crippen LogP contribution in [-0.4, -0.2) is 17.8 Å². The highest BCUT2D eigenvalue weighted by atomic mass is 15.3. The first-order valence-electron chi connectivity index (χ1n) is 27.2.